The molecular formula is C17H19ClN2O2. The van der Waals surface area contributed by atoms with E-state index in [2.05, 4.69) is 5.32 Å². The number of carbonyl (C=O) groups excluding carboxylic acids is 1. The second kappa shape index (κ2) is 7.29. The van der Waals surface area contributed by atoms with Gasteiger partial charge in [0.2, 0.25) is 0 Å². The highest BCUT2D eigenvalue weighted by atomic mass is 35.5. The zero-order valence-electron chi connectivity index (χ0n) is 12.9. The molecule has 1 N–H and O–H groups in total. The number of benzene rings is 2. The number of amides is 1. The number of carbonyl (C=O) groups is 1. The van der Waals surface area contributed by atoms with Gasteiger partial charge in [-0.05, 0) is 43.9 Å². The van der Waals surface area contributed by atoms with Crippen LogP contribution < -0.4 is 10.1 Å². The van der Waals surface area contributed by atoms with Crippen LogP contribution in [0.15, 0.2) is 42.5 Å². The molecule has 0 aromatic heterocycles. The molecule has 0 spiro atoms. The van der Waals surface area contributed by atoms with Crippen LogP contribution >= 0.6 is 11.6 Å². The van der Waals surface area contributed by atoms with E-state index >= 15 is 0 Å². The van der Waals surface area contributed by atoms with E-state index in [1.54, 1.807) is 18.2 Å². The minimum absolute atomic E-state index is 0.245. The number of anilines is 1. The van der Waals surface area contributed by atoms with Crippen LogP contribution in [0.4, 0.5) is 5.69 Å². The van der Waals surface area contributed by atoms with Gasteiger partial charge in [-0.15, -0.1) is 0 Å². The van der Waals surface area contributed by atoms with Crippen molar-refractivity contribution in [3.63, 3.8) is 0 Å². The first-order valence-electron chi connectivity index (χ1n) is 6.89. The summed E-state index contributed by atoms with van der Waals surface area (Å²) in [6.07, 6.45) is 0. The van der Waals surface area contributed by atoms with Crippen molar-refractivity contribution in [3.8, 4) is 5.75 Å². The van der Waals surface area contributed by atoms with Gasteiger partial charge >= 0.3 is 0 Å². The van der Waals surface area contributed by atoms with Crippen LogP contribution in [0.1, 0.15) is 15.9 Å². The van der Waals surface area contributed by atoms with Crippen LogP contribution in [0.2, 0.25) is 5.02 Å². The fourth-order valence-electron chi connectivity index (χ4n) is 2.17. The Bertz CT molecular complexity index is 671. The summed E-state index contributed by atoms with van der Waals surface area (Å²) >= 11 is 5.98. The normalized spacial score (nSPS) is 10.6. The van der Waals surface area contributed by atoms with Crippen LogP contribution in [0.3, 0.4) is 0 Å². The van der Waals surface area contributed by atoms with Crippen molar-refractivity contribution < 1.29 is 9.53 Å². The smallest absolute Gasteiger partial charge is 0.259 e. The Hall–Kier alpha value is -2.04. The molecule has 0 aliphatic carbocycles. The van der Waals surface area contributed by atoms with Crippen molar-refractivity contribution >= 4 is 23.2 Å². The average molecular weight is 319 g/mol. The van der Waals surface area contributed by atoms with Crippen LogP contribution in [0, 0.1) is 0 Å². The number of ether oxygens (including phenoxy) is 1. The summed E-state index contributed by atoms with van der Waals surface area (Å²) in [5, 5.41) is 3.42. The summed E-state index contributed by atoms with van der Waals surface area (Å²) < 4.78 is 5.23. The van der Waals surface area contributed by atoms with Gasteiger partial charge in [0, 0.05) is 17.3 Å². The topological polar surface area (TPSA) is 41.6 Å². The average Bonchev–Trinajstić information content (AvgIpc) is 2.48. The maximum Gasteiger partial charge on any atom is 0.259 e. The number of halogens is 1. The molecule has 1 amide bonds. The number of para-hydroxylation sites is 1. The molecule has 0 aliphatic heterocycles. The van der Waals surface area contributed by atoms with Crippen molar-refractivity contribution in [2.45, 2.75) is 6.54 Å². The molecule has 5 heteroatoms. The van der Waals surface area contributed by atoms with Crippen LogP contribution in [-0.2, 0) is 6.54 Å². The number of hydrogen-bond acceptors (Lipinski definition) is 3. The first-order chi connectivity index (χ1) is 10.5. The van der Waals surface area contributed by atoms with Gasteiger partial charge in [-0.1, -0.05) is 29.8 Å². The summed E-state index contributed by atoms with van der Waals surface area (Å²) in [6.45, 7) is 0.739. The van der Waals surface area contributed by atoms with E-state index in [0.717, 1.165) is 17.8 Å². The first kappa shape index (κ1) is 16.3. The van der Waals surface area contributed by atoms with E-state index in [0.29, 0.717) is 16.3 Å². The zero-order valence-corrected chi connectivity index (χ0v) is 13.6. The minimum Gasteiger partial charge on any atom is -0.496 e. The lowest BCUT2D eigenvalue weighted by atomic mass is 10.1. The third-order valence-electron chi connectivity index (χ3n) is 3.16. The van der Waals surface area contributed by atoms with Gasteiger partial charge in [-0.25, -0.2) is 0 Å². The number of nitrogens with zero attached hydrogens (tertiary/aromatic N) is 1. The fourth-order valence-corrected chi connectivity index (χ4v) is 2.34. The molecule has 116 valence electrons. The fraction of sp³-hybridized carbons (Fsp3) is 0.235. The van der Waals surface area contributed by atoms with Gasteiger partial charge in [0.25, 0.3) is 5.91 Å². The molecule has 0 aliphatic rings. The van der Waals surface area contributed by atoms with Crippen molar-refractivity contribution in [1.29, 1.82) is 0 Å². The van der Waals surface area contributed by atoms with Crippen molar-refractivity contribution in [2.75, 3.05) is 26.5 Å². The number of hydrogen-bond donors (Lipinski definition) is 1. The molecule has 0 saturated carbocycles. The van der Waals surface area contributed by atoms with Gasteiger partial charge in [-0.3, -0.25) is 4.79 Å². The Kier molecular flexibility index (Phi) is 5.41. The van der Waals surface area contributed by atoms with Crippen LogP contribution in [0.25, 0.3) is 0 Å². The Morgan fingerprint density at radius 2 is 1.95 bits per heavy atom. The molecule has 0 fully saturated rings. The molecular weight excluding hydrogens is 300 g/mol. The van der Waals surface area contributed by atoms with Gasteiger partial charge in [0.1, 0.15) is 5.75 Å². The molecule has 2 rings (SSSR count). The summed E-state index contributed by atoms with van der Waals surface area (Å²) in [5.41, 5.74) is 2.24. The van der Waals surface area contributed by atoms with Gasteiger partial charge in [-0.2, -0.15) is 0 Å². The third kappa shape index (κ3) is 4.00. The summed E-state index contributed by atoms with van der Waals surface area (Å²) in [6, 6.07) is 12.7. The molecule has 2 aromatic carbocycles. The predicted molar refractivity (Wildman–Crippen MR) is 89.8 cm³/mol. The first-order valence-corrected chi connectivity index (χ1v) is 7.26. The second-order valence-electron chi connectivity index (χ2n) is 5.19. The largest absolute Gasteiger partial charge is 0.496 e. The molecule has 0 radical (unpaired) electrons. The van der Waals surface area contributed by atoms with E-state index in [-0.39, 0.29) is 5.91 Å². The van der Waals surface area contributed by atoms with Crippen LogP contribution in [0.5, 0.6) is 5.75 Å². The summed E-state index contributed by atoms with van der Waals surface area (Å²) in [7, 11) is 5.50. The van der Waals surface area contributed by atoms with E-state index in [4.69, 9.17) is 16.3 Å². The van der Waals surface area contributed by atoms with Gasteiger partial charge < -0.3 is 15.0 Å². The standard InChI is InChI=1S/C17H19ClN2O2/c1-20(2)11-12-6-4-5-7-15(12)19-17(21)14-10-13(18)8-9-16(14)22-3/h4-10H,11H2,1-3H3,(H,19,21). The predicted octanol–water partition coefficient (Wildman–Crippen LogP) is 3.66. The van der Waals surface area contributed by atoms with Gasteiger partial charge in [0.05, 0.1) is 12.7 Å². The van der Waals surface area contributed by atoms with E-state index in [1.165, 1.54) is 7.11 Å². The number of methoxy groups -OCH3 is 1. The Balaban J connectivity index is 2.28. The molecule has 4 nitrogen and oxygen atoms in total. The van der Waals surface area contributed by atoms with E-state index in [1.807, 2.05) is 43.3 Å². The van der Waals surface area contributed by atoms with Crippen molar-refractivity contribution in [2.24, 2.45) is 0 Å². The maximum atomic E-state index is 12.5. The Morgan fingerprint density at radius 3 is 2.64 bits per heavy atom. The summed E-state index contributed by atoms with van der Waals surface area (Å²) in [4.78, 5) is 14.6. The quantitative estimate of drug-likeness (QED) is 0.914. The molecule has 0 bridgehead atoms. The summed E-state index contributed by atoms with van der Waals surface area (Å²) in [5.74, 6) is 0.248. The Morgan fingerprint density at radius 1 is 1.23 bits per heavy atom. The van der Waals surface area contributed by atoms with E-state index in [9.17, 15) is 4.79 Å². The maximum absolute atomic E-state index is 12.5. The van der Waals surface area contributed by atoms with Crippen molar-refractivity contribution in [3.05, 3.63) is 58.6 Å². The minimum atomic E-state index is -0.245. The third-order valence-corrected chi connectivity index (χ3v) is 3.39. The highest BCUT2D eigenvalue weighted by Crippen LogP contribution is 2.24. The molecule has 0 heterocycles. The molecule has 2 aromatic rings. The van der Waals surface area contributed by atoms with Crippen molar-refractivity contribution in [1.82, 2.24) is 4.90 Å². The second-order valence-corrected chi connectivity index (χ2v) is 5.63. The molecule has 0 saturated heterocycles. The molecule has 22 heavy (non-hydrogen) atoms. The molecule has 0 atom stereocenters. The SMILES string of the molecule is COc1ccc(Cl)cc1C(=O)Nc1ccccc1CN(C)C. The zero-order chi connectivity index (χ0) is 16.1. The van der Waals surface area contributed by atoms with Crippen LogP contribution in [-0.4, -0.2) is 32.0 Å². The highest BCUT2D eigenvalue weighted by molar-refractivity contribution is 6.31. The van der Waals surface area contributed by atoms with Gasteiger partial charge in [0.15, 0.2) is 0 Å². The number of rotatable bonds is 5. The lowest BCUT2D eigenvalue weighted by Crippen LogP contribution is -2.17. The highest BCUT2D eigenvalue weighted by Gasteiger charge is 2.14. The number of nitrogens with one attached hydrogen (secondary N) is 1. The molecule has 0 unspecified atom stereocenters. The van der Waals surface area contributed by atoms with E-state index < -0.39 is 0 Å². The Labute approximate surface area is 135 Å². The monoisotopic (exact) mass is 318 g/mol. The lowest BCUT2D eigenvalue weighted by molar-refractivity contribution is 0.102. The lowest BCUT2D eigenvalue weighted by Gasteiger charge is -2.15.